The zero-order valence-corrected chi connectivity index (χ0v) is 18.7. The van der Waals surface area contributed by atoms with Crippen LogP contribution in [0.1, 0.15) is 26.3 Å². The van der Waals surface area contributed by atoms with E-state index in [0.29, 0.717) is 38.1 Å². The number of methoxy groups -OCH3 is 1. The van der Waals surface area contributed by atoms with Crippen LogP contribution in [0, 0.1) is 0 Å². The van der Waals surface area contributed by atoms with Crippen molar-refractivity contribution in [2.45, 2.75) is 0 Å². The minimum Gasteiger partial charge on any atom is -0.497 e. The van der Waals surface area contributed by atoms with Crippen LogP contribution in [0.5, 0.6) is 5.75 Å². The first kappa shape index (κ1) is 22.6. The Morgan fingerprint density at radius 2 is 1.61 bits per heavy atom. The van der Waals surface area contributed by atoms with Crippen molar-refractivity contribution in [3.05, 3.63) is 105 Å². The smallest absolute Gasteiger partial charge is 0.253 e. The average molecular weight is 454 g/mol. The lowest BCUT2D eigenvalue weighted by molar-refractivity contribution is 0.0804. The van der Waals surface area contributed by atoms with Gasteiger partial charge in [-0.1, -0.05) is 47.5 Å². The van der Waals surface area contributed by atoms with Gasteiger partial charge in [0.2, 0.25) is 0 Å². The molecular formula is C25H21Cl2NO3. The predicted octanol–water partition coefficient (Wildman–Crippen LogP) is 6.04. The molecule has 3 aromatic carbocycles. The van der Waals surface area contributed by atoms with Gasteiger partial charge in [-0.25, -0.2) is 0 Å². The van der Waals surface area contributed by atoms with Gasteiger partial charge in [-0.2, -0.15) is 0 Å². The molecule has 0 aliphatic heterocycles. The molecule has 0 heterocycles. The summed E-state index contributed by atoms with van der Waals surface area (Å²) >= 11 is 12.3. The minimum absolute atomic E-state index is 0.109. The van der Waals surface area contributed by atoms with Gasteiger partial charge >= 0.3 is 0 Å². The summed E-state index contributed by atoms with van der Waals surface area (Å²) in [4.78, 5) is 27.6. The highest BCUT2D eigenvalue weighted by Gasteiger charge is 2.19. The number of rotatable bonds is 7. The monoisotopic (exact) mass is 453 g/mol. The molecule has 0 aromatic heterocycles. The second-order valence-electron chi connectivity index (χ2n) is 6.92. The molecule has 0 aliphatic rings. The Bertz CT molecular complexity index is 1110. The van der Waals surface area contributed by atoms with Gasteiger partial charge in [0, 0.05) is 40.3 Å². The summed E-state index contributed by atoms with van der Waals surface area (Å²) in [5.74, 6) is 0.261. The van der Waals surface area contributed by atoms with Crippen molar-refractivity contribution in [2.24, 2.45) is 0 Å². The molecule has 0 atom stereocenters. The van der Waals surface area contributed by atoms with Crippen LogP contribution in [-0.4, -0.2) is 37.3 Å². The Kier molecular flexibility index (Phi) is 7.50. The maximum atomic E-state index is 13.3. The molecule has 0 aliphatic carbocycles. The van der Waals surface area contributed by atoms with E-state index in [1.165, 1.54) is 4.90 Å². The molecule has 4 nitrogen and oxygen atoms in total. The first-order valence-corrected chi connectivity index (χ1v) is 10.3. The molecule has 0 unspecified atom stereocenters. The van der Waals surface area contributed by atoms with Crippen LogP contribution in [0.2, 0.25) is 10.0 Å². The number of nitrogens with zero attached hydrogens (tertiary/aromatic N) is 1. The van der Waals surface area contributed by atoms with E-state index >= 15 is 0 Å². The molecule has 0 spiro atoms. The molecule has 158 valence electrons. The molecule has 0 fully saturated rings. The molecule has 3 aromatic rings. The van der Waals surface area contributed by atoms with Gasteiger partial charge in [0.15, 0.2) is 5.78 Å². The topological polar surface area (TPSA) is 46.6 Å². The summed E-state index contributed by atoms with van der Waals surface area (Å²) in [6, 6.07) is 20.8. The zero-order chi connectivity index (χ0) is 22.4. The fourth-order valence-corrected chi connectivity index (χ4v) is 3.51. The number of benzene rings is 3. The predicted molar refractivity (Wildman–Crippen MR) is 125 cm³/mol. The third-order valence-electron chi connectivity index (χ3n) is 4.71. The van der Waals surface area contributed by atoms with E-state index in [9.17, 15) is 9.59 Å². The van der Waals surface area contributed by atoms with E-state index < -0.39 is 0 Å². The van der Waals surface area contributed by atoms with Crippen LogP contribution < -0.4 is 4.74 Å². The third-order valence-corrected chi connectivity index (χ3v) is 5.27. The van der Waals surface area contributed by atoms with Gasteiger partial charge in [-0.15, -0.1) is 0 Å². The van der Waals surface area contributed by atoms with Gasteiger partial charge in [-0.3, -0.25) is 9.59 Å². The molecule has 0 saturated carbocycles. The van der Waals surface area contributed by atoms with Crippen molar-refractivity contribution in [1.82, 2.24) is 4.90 Å². The number of carbonyl (C=O) groups excluding carboxylic acids is 2. The van der Waals surface area contributed by atoms with Crippen LogP contribution in [0.4, 0.5) is 0 Å². The second-order valence-corrected chi connectivity index (χ2v) is 7.76. The fourth-order valence-electron chi connectivity index (χ4n) is 3.05. The van der Waals surface area contributed by atoms with E-state index in [4.69, 9.17) is 27.9 Å². The largest absolute Gasteiger partial charge is 0.497 e. The molecule has 0 bridgehead atoms. The summed E-state index contributed by atoms with van der Waals surface area (Å²) in [5.41, 5.74) is 2.09. The summed E-state index contributed by atoms with van der Waals surface area (Å²) in [6.45, 7) is 0.109. The summed E-state index contributed by atoms with van der Waals surface area (Å²) in [5, 5.41) is 0.922. The maximum Gasteiger partial charge on any atom is 0.253 e. The van der Waals surface area contributed by atoms with Gasteiger partial charge in [0.25, 0.3) is 5.91 Å². The van der Waals surface area contributed by atoms with Crippen molar-refractivity contribution >= 4 is 41.0 Å². The molecule has 0 saturated heterocycles. The maximum absolute atomic E-state index is 13.3. The Balaban J connectivity index is 1.95. The Hall–Kier alpha value is -3.08. The highest BCUT2D eigenvalue weighted by molar-refractivity contribution is 6.35. The number of ether oxygens (including phenoxy) is 1. The number of halogens is 2. The van der Waals surface area contributed by atoms with E-state index in [1.807, 2.05) is 6.07 Å². The Morgan fingerprint density at radius 1 is 0.935 bits per heavy atom. The number of hydrogen-bond acceptors (Lipinski definition) is 3. The van der Waals surface area contributed by atoms with Crippen LogP contribution in [0.15, 0.2) is 78.4 Å². The van der Waals surface area contributed by atoms with Crippen LogP contribution >= 0.6 is 23.2 Å². The Labute approximate surface area is 191 Å². The standard InChI is InChI=1S/C25H21Cl2NO3/c1-28(25(30)18-6-4-3-5-7-18)16-20(14-19-8-11-21(26)15-23(19)27)24(29)17-9-12-22(31-2)13-10-17/h3-15H,16H2,1-2H3/b20-14+. The van der Waals surface area contributed by atoms with Crippen molar-refractivity contribution in [3.8, 4) is 5.75 Å². The number of likely N-dealkylation sites (N-methyl/N-ethyl adjacent to an activating group) is 1. The van der Waals surface area contributed by atoms with Gasteiger partial charge in [0.05, 0.1) is 7.11 Å². The van der Waals surface area contributed by atoms with E-state index in [1.54, 1.807) is 87.0 Å². The van der Waals surface area contributed by atoms with Crippen molar-refractivity contribution in [3.63, 3.8) is 0 Å². The van der Waals surface area contributed by atoms with E-state index in [0.717, 1.165) is 0 Å². The van der Waals surface area contributed by atoms with Crippen molar-refractivity contribution < 1.29 is 14.3 Å². The lowest BCUT2D eigenvalue weighted by Crippen LogP contribution is -2.30. The summed E-state index contributed by atoms with van der Waals surface area (Å²) in [7, 11) is 3.22. The Morgan fingerprint density at radius 3 is 2.23 bits per heavy atom. The van der Waals surface area contributed by atoms with Crippen molar-refractivity contribution in [2.75, 3.05) is 20.7 Å². The van der Waals surface area contributed by atoms with E-state index in [-0.39, 0.29) is 18.2 Å². The number of amides is 1. The third kappa shape index (κ3) is 5.75. The summed E-state index contributed by atoms with van der Waals surface area (Å²) in [6.07, 6.45) is 1.69. The van der Waals surface area contributed by atoms with Crippen LogP contribution in [0.25, 0.3) is 6.08 Å². The molecule has 6 heteroatoms. The van der Waals surface area contributed by atoms with Gasteiger partial charge in [-0.05, 0) is 60.2 Å². The number of carbonyl (C=O) groups is 2. The SMILES string of the molecule is COc1ccc(C(=O)/C(=C/c2ccc(Cl)cc2Cl)CN(C)C(=O)c2ccccc2)cc1. The molecule has 1 amide bonds. The number of Topliss-reactive ketones (excluding diaryl/α,β-unsaturated/α-hetero) is 1. The lowest BCUT2D eigenvalue weighted by Gasteiger charge is -2.19. The lowest BCUT2D eigenvalue weighted by atomic mass is 10.00. The van der Waals surface area contributed by atoms with Gasteiger partial charge in [0.1, 0.15) is 5.75 Å². The number of ketones is 1. The highest BCUT2D eigenvalue weighted by Crippen LogP contribution is 2.25. The molecule has 0 radical (unpaired) electrons. The normalized spacial score (nSPS) is 11.2. The van der Waals surface area contributed by atoms with Crippen LogP contribution in [-0.2, 0) is 0 Å². The molecular weight excluding hydrogens is 433 g/mol. The first-order chi connectivity index (χ1) is 14.9. The second kappa shape index (κ2) is 10.3. The average Bonchev–Trinajstić information content (AvgIpc) is 2.79. The van der Waals surface area contributed by atoms with Crippen LogP contribution in [0.3, 0.4) is 0 Å². The quantitative estimate of drug-likeness (QED) is 0.323. The summed E-state index contributed by atoms with van der Waals surface area (Å²) < 4.78 is 5.17. The molecule has 0 N–H and O–H groups in total. The fraction of sp³-hybridized carbons (Fsp3) is 0.120. The van der Waals surface area contributed by atoms with Gasteiger partial charge < -0.3 is 9.64 Å². The zero-order valence-electron chi connectivity index (χ0n) is 17.1. The number of hydrogen-bond donors (Lipinski definition) is 0. The first-order valence-electron chi connectivity index (χ1n) is 9.54. The minimum atomic E-state index is -0.207. The highest BCUT2D eigenvalue weighted by atomic mass is 35.5. The van der Waals surface area contributed by atoms with Crippen molar-refractivity contribution in [1.29, 1.82) is 0 Å². The van der Waals surface area contributed by atoms with E-state index in [2.05, 4.69) is 0 Å². The molecule has 31 heavy (non-hydrogen) atoms. The molecule has 3 rings (SSSR count).